The molecule has 0 amide bonds. The third kappa shape index (κ3) is 4.52. The molecule has 0 radical (unpaired) electrons. The van der Waals surface area contributed by atoms with Crippen LogP contribution >= 0.6 is 38.9 Å². The standard InChI is InChI=1S/C27H20BrClN2O4S/c1-3-34-26(33)23-15(2)30-27-31(24(23)19-9-4-5-10-20(19)29)25(32)22(36-27)14-18-11-12-21(35-18)16-7-6-8-17(28)13-16/h4-14,24H,3H2,1-2H3/b22-14-/t24-/m1/s1. The number of hydrogen-bond donors (Lipinski definition) is 0. The van der Waals surface area contributed by atoms with E-state index in [4.69, 9.17) is 20.8 Å². The lowest BCUT2D eigenvalue weighted by Crippen LogP contribution is -2.40. The van der Waals surface area contributed by atoms with Crippen molar-refractivity contribution in [2.45, 2.75) is 19.9 Å². The average molecular weight is 584 g/mol. The number of carbonyl (C=O) groups excluding carboxylic acids is 1. The number of esters is 1. The van der Waals surface area contributed by atoms with Gasteiger partial charge in [0.25, 0.3) is 5.56 Å². The maximum atomic E-state index is 13.7. The van der Waals surface area contributed by atoms with Gasteiger partial charge in [0.2, 0.25) is 0 Å². The van der Waals surface area contributed by atoms with E-state index in [-0.39, 0.29) is 12.2 Å². The lowest BCUT2D eigenvalue weighted by molar-refractivity contribution is -0.139. The SMILES string of the molecule is CCOC(=O)C1=C(C)N=c2s/c(=C\c3ccc(-c4cccc(Br)c4)o3)c(=O)n2[C@@H]1c1ccccc1Cl. The van der Waals surface area contributed by atoms with E-state index in [9.17, 15) is 9.59 Å². The number of carbonyl (C=O) groups is 1. The third-order valence-corrected chi connectivity index (χ3v) is 7.55. The van der Waals surface area contributed by atoms with Gasteiger partial charge in [-0.05, 0) is 49.7 Å². The number of nitrogens with zero attached hydrogens (tertiary/aromatic N) is 2. The van der Waals surface area contributed by atoms with Crippen LogP contribution in [-0.2, 0) is 9.53 Å². The van der Waals surface area contributed by atoms with Crippen LogP contribution in [-0.4, -0.2) is 17.1 Å². The number of ether oxygens (including phenoxy) is 1. The molecule has 0 saturated carbocycles. The molecule has 36 heavy (non-hydrogen) atoms. The van der Waals surface area contributed by atoms with Crippen LogP contribution < -0.4 is 14.9 Å². The molecule has 6 nitrogen and oxygen atoms in total. The molecule has 2 aromatic carbocycles. The lowest BCUT2D eigenvalue weighted by atomic mass is 9.96. The molecular formula is C27H20BrClN2O4S. The van der Waals surface area contributed by atoms with Crippen molar-refractivity contribution in [2.75, 3.05) is 6.61 Å². The smallest absolute Gasteiger partial charge is 0.338 e. The molecule has 0 spiro atoms. The van der Waals surface area contributed by atoms with Gasteiger partial charge in [0, 0.05) is 21.1 Å². The quantitative estimate of drug-likeness (QED) is 0.292. The Morgan fingerprint density at radius 2 is 2.03 bits per heavy atom. The summed E-state index contributed by atoms with van der Waals surface area (Å²) in [5, 5.41) is 0.443. The molecule has 0 fully saturated rings. The zero-order valence-corrected chi connectivity index (χ0v) is 22.5. The van der Waals surface area contributed by atoms with E-state index >= 15 is 0 Å². The molecule has 3 heterocycles. The molecule has 5 rings (SSSR count). The third-order valence-electron chi connectivity index (χ3n) is 5.73. The Morgan fingerprint density at radius 1 is 1.22 bits per heavy atom. The van der Waals surface area contributed by atoms with Crippen molar-refractivity contribution in [3.05, 3.63) is 112 Å². The Labute approximate surface area is 224 Å². The van der Waals surface area contributed by atoms with Crippen LogP contribution in [0.3, 0.4) is 0 Å². The predicted molar refractivity (Wildman–Crippen MR) is 144 cm³/mol. The van der Waals surface area contributed by atoms with E-state index in [1.54, 1.807) is 38.1 Å². The molecule has 0 unspecified atom stereocenters. The highest BCUT2D eigenvalue weighted by atomic mass is 79.9. The number of benzene rings is 2. The Morgan fingerprint density at radius 3 is 2.78 bits per heavy atom. The van der Waals surface area contributed by atoms with Crippen molar-refractivity contribution in [3.8, 4) is 11.3 Å². The van der Waals surface area contributed by atoms with Gasteiger partial charge < -0.3 is 9.15 Å². The van der Waals surface area contributed by atoms with Gasteiger partial charge in [0.1, 0.15) is 17.6 Å². The minimum atomic E-state index is -0.759. The Bertz CT molecular complexity index is 1700. The summed E-state index contributed by atoms with van der Waals surface area (Å²) >= 11 is 11.2. The van der Waals surface area contributed by atoms with Crippen LogP contribution in [0.15, 0.2) is 90.6 Å². The van der Waals surface area contributed by atoms with Crippen LogP contribution in [0.25, 0.3) is 17.4 Å². The van der Waals surface area contributed by atoms with Gasteiger partial charge in [-0.15, -0.1) is 0 Å². The molecule has 0 N–H and O–H groups in total. The summed E-state index contributed by atoms with van der Waals surface area (Å²) in [7, 11) is 0. The topological polar surface area (TPSA) is 73.8 Å². The van der Waals surface area contributed by atoms with E-state index in [2.05, 4.69) is 20.9 Å². The van der Waals surface area contributed by atoms with Crippen molar-refractivity contribution in [1.29, 1.82) is 0 Å². The van der Waals surface area contributed by atoms with Gasteiger partial charge in [-0.2, -0.15) is 0 Å². The van der Waals surface area contributed by atoms with Crippen LogP contribution in [0.4, 0.5) is 0 Å². The van der Waals surface area contributed by atoms with E-state index in [1.165, 1.54) is 15.9 Å². The van der Waals surface area contributed by atoms with E-state index < -0.39 is 12.0 Å². The largest absolute Gasteiger partial charge is 0.463 e. The molecule has 4 aromatic rings. The first-order valence-electron chi connectivity index (χ1n) is 11.2. The van der Waals surface area contributed by atoms with Gasteiger partial charge in [-0.25, -0.2) is 9.79 Å². The molecule has 9 heteroatoms. The number of aromatic nitrogens is 1. The molecule has 1 aliphatic heterocycles. The van der Waals surface area contributed by atoms with Crippen LogP contribution in [0.1, 0.15) is 31.2 Å². The Balaban J connectivity index is 1.66. The number of allylic oxidation sites excluding steroid dienone is 1. The summed E-state index contributed by atoms with van der Waals surface area (Å²) in [5.41, 5.74) is 2.02. The van der Waals surface area contributed by atoms with Gasteiger partial charge in [0.15, 0.2) is 4.80 Å². The summed E-state index contributed by atoms with van der Waals surface area (Å²) in [6, 6.07) is 17.9. The first-order chi connectivity index (χ1) is 17.4. The molecular weight excluding hydrogens is 564 g/mol. The minimum absolute atomic E-state index is 0.202. The Hall–Kier alpha value is -3.20. The zero-order chi connectivity index (χ0) is 25.4. The lowest BCUT2D eigenvalue weighted by Gasteiger charge is -2.25. The number of hydrogen-bond acceptors (Lipinski definition) is 6. The van der Waals surface area contributed by atoms with E-state index in [0.29, 0.717) is 42.7 Å². The van der Waals surface area contributed by atoms with Gasteiger partial charge in [0.05, 0.1) is 22.4 Å². The van der Waals surface area contributed by atoms with Crippen molar-refractivity contribution in [3.63, 3.8) is 0 Å². The number of fused-ring (bicyclic) bond motifs is 1. The maximum Gasteiger partial charge on any atom is 0.338 e. The fraction of sp³-hybridized carbons (Fsp3) is 0.148. The number of halogens is 2. The fourth-order valence-corrected chi connectivity index (χ4v) is 5.80. The summed E-state index contributed by atoms with van der Waals surface area (Å²) in [6.07, 6.45) is 1.69. The summed E-state index contributed by atoms with van der Waals surface area (Å²) in [5.74, 6) is 0.693. The molecule has 1 atom stereocenters. The second kappa shape index (κ2) is 10.0. The Kier molecular flexibility index (Phi) is 6.83. The minimum Gasteiger partial charge on any atom is -0.463 e. The zero-order valence-electron chi connectivity index (χ0n) is 19.3. The van der Waals surface area contributed by atoms with E-state index in [0.717, 1.165) is 10.0 Å². The van der Waals surface area contributed by atoms with Crippen LogP contribution in [0, 0.1) is 0 Å². The highest BCUT2D eigenvalue weighted by molar-refractivity contribution is 9.10. The van der Waals surface area contributed by atoms with Crippen LogP contribution in [0.5, 0.6) is 0 Å². The first kappa shape index (κ1) is 24.5. The molecule has 0 saturated heterocycles. The van der Waals surface area contributed by atoms with Crippen molar-refractivity contribution in [2.24, 2.45) is 4.99 Å². The second-order valence-corrected chi connectivity index (χ2v) is 10.4. The van der Waals surface area contributed by atoms with Gasteiger partial charge in [-0.1, -0.05) is 69.2 Å². The molecule has 0 bridgehead atoms. The fourth-order valence-electron chi connectivity index (χ4n) is 4.14. The van der Waals surface area contributed by atoms with Gasteiger partial charge >= 0.3 is 5.97 Å². The number of furan rings is 1. The normalized spacial score (nSPS) is 15.6. The molecule has 0 aliphatic carbocycles. The highest BCUT2D eigenvalue weighted by Crippen LogP contribution is 2.34. The van der Waals surface area contributed by atoms with Crippen molar-refractivity contribution < 1.29 is 13.9 Å². The first-order valence-corrected chi connectivity index (χ1v) is 13.2. The summed E-state index contributed by atoms with van der Waals surface area (Å²) in [4.78, 5) is 31.7. The average Bonchev–Trinajstić information content (AvgIpc) is 3.43. The molecule has 1 aliphatic rings. The summed E-state index contributed by atoms with van der Waals surface area (Å²) in [6.45, 7) is 3.68. The molecule has 182 valence electrons. The second-order valence-electron chi connectivity index (χ2n) is 8.04. The highest BCUT2D eigenvalue weighted by Gasteiger charge is 2.34. The summed E-state index contributed by atoms with van der Waals surface area (Å²) < 4.78 is 14.2. The van der Waals surface area contributed by atoms with Crippen molar-refractivity contribution in [1.82, 2.24) is 4.57 Å². The maximum absolute atomic E-state index is 13.7. The number of rotatable bonds is 5. The predicted octanol–water partition coefficient (Wildman–Crippen LogP) is 5.47. The van der Waals surface area contributed by atoms with Gasteiger partial charge in [-0.3, -0.25) is 9.36 Å². The number of thiazole rings is 1. The van der Waals surface area contributed by atoms with Crippen molar-refractivity contribution >= 4 is 50.9 Å². The van der Waals surface area contributed by atoms with E-state index in [1.807, 2.05) is 42.5 Å². The molecule has 2 aromatic heterocycles. The monoisotopic (exact) mass is 582 g/mol. The van der Waals surface area contributed by atoms with Crippen LogP contribution in [0.2, 0.25) is 5.02 Å².